The first-order valence-corrected chi connectivity index (χ1v) is 13.1. The van der Waals surface area contributed by atoms with Crippen LogP contribution in [0.4, 0.5) is 5.82 Å². The van der Waals surface area contributed by atoms with Crippen LogP contribution in [0.1, 0.15) is 67.5 Å². The number of rotatable bonds is 3. The molecular weight excluding hydrogens is 448 g/mol. The predicted molar refractivity (Wildman–Crippen MR) is 140 cm³/mol. The Balaban J connectivity index is 1.24. The Bertz CT molecular complexity index is 1480. The van der Waals surface area contributed by atoms with Gasteiger partial charge in [0.05, 0.1) is 12.1 Å². The summed E-state index contributed by atoms with van der Waals surface area (Å²) < 4.78 is 6.20. The van der Waals surface area contributed by atoms with Crippen LogP contribution in [0.15, 0.2) is 30.5 Å². The molecule has 0 saturated heterocycles. The Morgan fingerprint density at radius 2 is 1.97 bits per heavy atom. The van der Waals surface area contributed by atoms with E-state index >= 15 is 0 Å². The minimum Gasteiger partial charge on any atom is -0.491 e. The van der Waals surface area contributed by atoms with Crippen LogP contribution < -0.4 is 9.64 Å². The Hall–Kier alpha value is -3.48. The van der Waals surface area contributed by atoms with Gasteiger partial charge < -0.3 is 14.6 Å². The number of pyridine rings is 1. The van der Waals surface area contributed by atoms with E-state index < -0.39 is 0 Å². The monoisotopic (exact) mass is 480 g/mol. The molecule has 1 aliphatic heterocycles. The van der Waals surface area contributed by atoms with Gasteiger partial charge >= 0.3 is 0 Å². The SMILES string of the molecule is Cc1nc2c(c(N3CCOc4ccc(-c5cnc6nc(C7CC7)[nH]c6c5)cc4C3)n1)CC(C)(C)CC2. The van der Waals surface area contributed by atoms with Crippen LogP contribution in [-0.2, 0) is 19.4 Å². The number of H-pyrrole nitrogens is 1. The maximum atomic E-state index is 6.20. The minimum atomic E-state index is 0.269. The topological polar surface area (TPSA) is 79.8 Å². The van der Waals surface area contributed by atoms with Crippen molar-refractivity contribution in [2.45, 2.75) is 65.3 Å². The summed E-state index contributed by atoms with van der Waals surface area (Å²) in [5, 5.41) is 0. The molecule has 3 aliphatic rings. The fourth-order valence-corrected chi connectivity index (χ4v) is 5.69. The van der Waals surface area contributed by atoms with E-state index in [0.717, 1.165) is 71.4 Å². The summed E-state index contributed by atoms with van der Waals surface area (Å²) in [5.41, 5.74) is 8.02. The van der Waals surface area contributed by atoms with Gasteiger partial charge in [0.2, 0.25) is 0 Å². The fraction of sp³-hybridized carbons (Fsp3) is 0.448. The fourth-order valence-electron chi connectivity index (χ4n) is 5.69. The Kier molecular flexibility index (Phi) is 4.85. The third kappa shape index (κ3) is 3.91. The number of aromatic nitrogens is 5. The average Bonchev–Trinajstić information content (AvgIpc) is 3.65. The summed E-state index contributed by atoms with van der Waals surface area (Å²) in [5.74, 6) is 4.55. The standard InChI is InChI=1S/C29H32N6O/c1-17-31-23-8-9-29(2,3)14-22(23)28(32-17)35-10-11-36-25-7-6-19(12-21(25)16-35)20-13-24-27(30-15-20)34-26(33-24)18-4-5-18/h6-7,12-13,15,18H,4-5,8-11,14,16H2,1-3H3,(H,30,33,34). The van der Waals surface area contributed by atoms with Crippen molar-refractivity contribution in [2.24, 2.45) is 5.41 Å². The molecule has 0 amide bonds. The smallest absolute Gasteiger partial charge is 0.177 e. The molecule has 36 heavy (non-hydrogen) atoms. The zero-order valence-corrected chi connectivity index (χ0v) is 21.3. The number of hydrogen-bond donors (Lipinski definition) is 1. The minimum absolute atomic E-state index is 0.269. The molecule has 1 saturated carbocycles. The first-order valence-electron chi connectivity index (χ1n) is 13.1. The van der Waals surface area contributed by atoms with Gasteiger partial charge in [-0.3, -0.25) is 0 Å². The highest BCUT2D eigenvalue weighted by Crippen LogP contribution is 2.40. The second-order valence-corrected chi connectivity index (χ2v) is 11.4. The Morgan fingerprint density at radius 3 is 2.83 bits per heavy atom. The van der Waals surface area contributed by atoms with Crippen molar-refractivity contribution in [2.75, 3.05) is 18.1 Å². The van der Waals surface area contributed by atoms with E-state index in [-0.39, 0.29) is 5.41 Å². The van der Waals surface area contributed by atoms with Crippen LogP contribution in [0.5, 0.6) is 5.75 Å². The molecule has 1 aromatic carbocycles. The number of hydrogen-bond acceptors (Lipinski definition) is 6. The number of imidazole rings is 1. The summed E-state index contributed by atoms with van der Waals surface area (Å²) in [7, 11) is 0. The van der Waals surface area contributed by atoms with Crippen LogP contribution in [0.3, 0.4) is 0 Å². The maximum absolute atomic E-state index is 6.20. The summed E-state index contributed by atoms with van der Waals surface area (Å²) in [6, 6.07) is 8.66. The first-order chi connectivity index (χ1) is 17.4. The van der Waals surface area contributed by atoms with E-state index in [1.54, 1.807) is 0 Å². The van der Waals surface area contributed by atoms with E-state index in [0.29, 0.717) is 12.5 Å². The molecule has 0 spiro atoms. The van der Waals surface area contributed by atoms with Crippen molar-refractivity contribution in [1.29, 1.82) is 0 Å². The molecule has 1 N–H and O–H groups in total. The van der Waals surface area contributed by atoms with Crippen molar-refractivity contribution in [3.8, 4) is 16.9 Å². The molecule has 2 aliphatic carbocycles. The largest absolute Gasteiger partial charge is 0.491 e. The van der Waals surface area contributed by atoms with E-state index in [4.69, 9.17) is 14.7 Å². The summed E-state index contributed by atoms with van der Waals surface area (Å²) >= 11 is 0. The van der Waals surface area contributed by atoms with Gasteiger partial charge in [-0.2, -0.15) is 0 Å². The van der Waals surface area contributed by atoms with Crippen LogP contribution in [0, 0.1) is 12.3 Å². The van der Waals surface area contributed by atoms with Crippen LogP contribution in [0.25, 0.3) is 22.3 Å². The van der Waals surface area contributed by atoms with Crippen molar-refractivity contribution < 1.29 is 4.74 Å². The molecule has 0 atom stereocenters. The van der Waals surface area contributed by atoms with E-state index in [2.05, 4.69) is 58.0 Å². The van der Waals surface area contributed by atoms with Gasteiger partial charge in [-0.15, -0.1) is 0 Å². The number of benzene rings is 1. The highest BCUT2D eigenvalue weighted by atomic mass is 16.5. The third-order valence-corrected chi connectivity index (χ3v) is 7.87. The molecule has 7 heteroatoms. The number of anilines is 1. The molecule has 0 radical (unpaired) electrons. The molecule has 1 fully saturated rings. The van der Waals surface area contributed by atoms with E-state index in [1.807, 2.05) is 13.1 Å². The molecule has 0 bridgehead atoms. The molecule has 184 valence electrons. The number of aromatic amines is 1. The van der Waals surface area contributed by atoms with Gasteiger partial charge in [0.25, 0.3) is 0 Å². The number of ether oxygens (including phenoxy) is 1. The van der Waals surface area contributed by atoms with Gasteiger partial charge in [0.15, 0.2) is 5.65 Å². The molecular formula is C29H32N6O. The lowest BCUT2D eigenvalue weighted by atomic mass is 9.76. The second-order valence-electron chi connectivity index (χ2n) is 11.4. The van der Waals surface area contributed by atoms with Crippen LogP contribution in [-0.4, -0.2) is 38.1 Å². The predicted octanol–water partition coefficient (Wildman–Crippen LogP) is 5.51. The van der Waals surface area contributed by atoms with Crippen molar-refractivity contribution >= 4 is 17.0 Å². The zero-order valence-electron chi connectivity index (χ0n) is 21.3. The third-order valence-electron chi connectivity index (χ3n) is 7.87. The molecule has 7 rings (SSSR count). The van der Waals surface area contributed by atoms with E-state index in [9.17, 15) is 0 Å². The molecule has 4 heterocycles. The normalized spacial score (nSPS) is 18.9. The number of nitrogens with zero attached hydrogens (tertiary/aromatic N) is 5. The van der Waals surface area contributed by atoms with E-state index in [1.165, 1.54) is 36.1 Å². The lowest BCUT2D eigenvalue weighted by Gasteiger charge is -2.34. The van der Waals surface area contributed by atoms with Crippen molar-refractivity contribution in [1.82, 2.24) is 24.9 Å². The molecule has 4 aromatic rings. The molecule has 0 unspecified atom stereocenters. The average molecular weight is 481 g/mol. The quantitative estimate of drug-likeness (QED) is 0.416. The summed E-state index contributed by atoms with van der Waals surface area (Å²) in [6.45, 7) is 8.92. The van der Waals surface area contributed by atoms with Crippen molar-refractivity contribution in [3.05, 3.63) is 58.9 Å². The van der Waals surface area contributed by atoms with Crippen molar-refractivity contribution in [3.63, 3.8) is 0 Å². The van der Waals surface area contributed by atoms with Gasteiger partial charge in [0.1, 0.15) is 29.8 Å². The van der Waals surface area contributed by atoms with Crippen LogP contribution in [0.2, 0.25) is 0 Å². The maximum Gasteiger partial charge on any atom is 0.177 e. The van der Waals surface area contributed by atoms with Gasteiger partial charge in [0, 0.05) is 41.0 Å². The number of aryl methyl sites for hydroxylation is 2. The lowest BCUT2D eigenvalue weighted by molar-refractivity contribution is 0.310. The second kappa shape index (κ2) is 8.02. The van der Waals surface area contributed by atoms with Gasteiger partial charge in [-0.05, 0) is 68.2 Å². The molecule has 7 nitrogen and oxygen atoms in total. The van der Waals surface area contributed by atoms with Gasteiger partial charge in [-0.1, -0.05) is 19.9 Å². The van der Waals surface area contributed by atoms with Gasteiger partial charge in [-0.25, -0.2) is 19.9 Å². The summed E-state index contributed by atoms with van der Waals surface area (Å²) in [4.78, 5) is 25.0. The Labute approximate surface area is 211 Å². The zero-order chi connectivity index (χ0) is 24.4. The Morgan fingerprint density at radius 1 is 1.08 bits per heavy atom. The first kappa shape index (κ1) is 21.8. The van der Waals surface area contributed by atoms with Crippen LogP contribution >= 0.6 is 0 Å². The number of fused-ring (bicyclic) bond motifs is 3. The molecule has 3 aromatic heterocycles. The highest BCUT2D eigenvalue weighted by Gasteiger charge is 2.31. The lowest BCUT2D eigenvalue weighted by Crippen LogP contribution is -2.31. The summed E-state index contributed by atoms with van der Waals surface area (Å²) in [6.07, 6.45) is 7.59. The number of nitrogens with one attached hydrogen (secondary N) is 1. The highest BCUT2D eigenvalue weighted by molar-refractivity contribution is 5.78.